The number of rotatable bonds is 7. The van der Waals surface area contributed by atoms with Gasteiger partial charge in [0.2, 0.25) is 11.8 Å². The molecule has 1 saturated carbocycles. The van der Waals surface area contributed by atoms with E-state index in [1.165, 1.54) is 38.4 Å². The highest BCUT2D eigenvalue weighted by molar-refractivity contribution is 7.90. The first-order chi connectivity index (χ1) is 15.9. The number of carbonyl (C=O) groups excluding carboxylic acids is 1. The first kappa shape index (κ1) is 23.7. The van der Waals surface area contributed by atoms with Crippen LogP contribution in [0, 0.1) is 11.8 Å². The third kappa shape index (κ3) is 6.56. The minimum Gasteiger partial charge on any atom is -0.477 e. The fraction of sp³-hybridized carbons (Fsp3) is 0.538. The average Bonchev–Trinajstić information content (AvgIpc) is 2.83. The van der Waals surface area contributed by atoms with Crippen molar-refractivity contribution in [3.05, 3.63) is 42.6 Å². The molecule has 0 radical (unpaired) electrons. The number of carbonyl (C=O) groups is 1. The Kier molecular flexibility index (Phi) is 7.68. The second kappa shape index (κ2) is 10.7. The monoisotopic (exact) mass is 470 g/mol. The highest BCUT2D eigenvalue weighted by Crippen LogP contribution is 2.28. The van der Waals surface area contributed by atoms with Gasteiger partial charge in [-0.15, -0.1) is 0 Å². The average molecular weight is 471 g/mol. The molecule has 7 heteroatoms. The van der Waals surface area contributed by atoms with E-state index in [4.69, 9.17) is 4.74 Å². The van der Waals surface area contributed by atoms with E-state index >= 15 is 0 Å². The summed E-state index contributed by atoms with van der Waals surface area (Å²) in [5.41, 5.74) is 1.82. The summed E-state index contributed by atoms with van der Waals surface area (Å²) in [5, 5.41) is 0. The highest BCUT2D eigenvalue weighted by atomic mass is 32.2. The summed E-state index contributed by atoms with van der Waals surface area (Å²) in [6.07, 6.45) is 11.9. The van der Waals surface area contributed by atoms with Crippen molar-refractivity contribution >= 4 is 15.7 Å². The lowest BCUT2D eigenvalue weighted by atomic mass is 9.86. The molecule has 2 heterocycles. The van der Waals surface area contributed by atoms with Crippen molar-refractivity contribution in [3.8, 4) is 17.0 Å². The summed E-state index contributed by atoms with van der Waals surface area (Å²) < 4.78 is 29.1. The predicted molar refractivity (Wildman–Crippen MR) is 129 cm³/mol. The lowest BCUT2D eigenvalue weighted by Gasteiger charge is -2.33. The molecule has 178 valence electrons. The minimum absolute atomic E-state index is 0.306. The van der Waals surface area contributed by atoms with Gasteiger partial charge < -0.3 is 9.64 Å². The number of likely N-dealkylation sites (tertiary alicyclic amines) is 1. The normalized spacial score (nSPS) is 18.3. The van der Waals surface area contributed by atoms with Crippen molar-refractivity contribution in [2.24, 2.45) is 11.8 Å². The molecule has 0 bridgehead atoms. The first-order valence-electron chi connectivity index (χ1n) is 12.1. The van der Waals surface area contributed by atoms with E-state index < -0.39 is 9.84 Å². The maximum atomic E-state index is 12.6. The molecule has 0 N–H and O–H groups in total. The number of ether oxygens (including phenoxy) is 1. The Balaban J connectivity index is 1.22. The van der Waals surface area contributed by atoms with Crippen LogP contribution in [0.5, 0.6) is 5.88 Å². The van der Waals surface area contributed by atoms with Crippen LogP contribution < -0.4 is 4.74 Å². The molecule has 0 spiro atoms. The van der Waals surface area contributed by atoms with Gasteiger partial charge in [-0.25, -0.2) is 13.4 Å². The fourth-order valence-electron chi connectivity index (χ4n) is 4.85. The van der Waals surface area contributed by atoms with E-state index in [0.717, 1.165) is 43.5 Å². The van der Waals surface area contributed by atoms with Crippen molar-refractivity contribution < 1.29 is 17.9 Å². The number of aromatic nitrogens is 1. The molecular weight excluding hydrogens is 436 g/mol. The van der Waals surface area contributed by atoms with Crippen LogP contribution in [0.15, 0.2) is 47.5 Å². The van der Waals surface area contributed by atoms with Crippen LogP contribution in [0.1, 0.15) is 51.4 Å². The van der Waals surface area contributed by atoms with Crippen molar-refractivity contribution in [3.63, 3.8) is 0 Å². The molecule has 1 saturated heterocycles. The van der Waals surface area contributed by atoms with Gasteiger partial charge in [-0.05, 0) is 61.3 Å². The standard InChI is InChI=1S/C26H34N2O4S/c1-33(30,31)24-10-7-22(8-11-24)23-9-12-25(27-18-23)32-19-21-13-15-28(16-14-21)26(29)17-20-5-3-2-4-6-20/h7-12,18,20-21H,2-6,13-17,19H2,1H3. The Bertz CT molecular complexity index is 1020. The Morgan fingerprint density at radius 2 is 1.61 bits per heavy atom. The molecule has 0 unspecified atom stereocenters. The molecule has 1 aliphatic carbocycles. The number of pyridine rings is 1. The van der Waals surface area contributed by atoms with E-state index in [0.29, 0.717) is 35.1 Å². The van der Waals surface area contributed by atoms with Crippen LogP contribution in [0.4, 0.5) is 0 Å². The number of nitrogens with zero attached hydrogens (tertiary/aromatic N) is 2. The van der Waals surface area contributed by atoms with Gasteiger partial charge in [0.05, 0.1) is 11.5 Å². The largest absolute Gasteiger partial charge is 0.477 e. The third-order valence-corrected chi connectivity index (χ3v) is 8.10. The number of sulfone groups is 1. The summed E-state index contributed by atoms with van der Waals surface area (Å²) in [5.74, 6) is 1.96. The SMILES string of the molecule is CS(=O)(=O)c1ccc(-c2ccc(OCC3CCN(C(=O)CC4CCCCC4)CC3)nc2)cc1. The second-order valence-corrected chi connectivity index (χ2v) is 11.5. The van der Waals surface area contributed by atoms with Crippen LogP contribution in [-0.4, -0.2) is 50.2 Å². The van der Waals surface area contributed by atoms with Gasteiger partial charge in [-0.1, -0.05) is 31.4 Å². The number of amides is 1. The molecule has 1 aromatic heterocycles. The molecule has 2 aromatic rings. The zero-order chi connectivity index (χ0) is 23.3. The Labute approximate surface area is 197 Å². The summed E-state index contributed by atoms with van der Waals surface area (Å²) in [7, 11) is -3.20. The fourth-order valence-corrected chi connectivity index (χ4v) is 5.48. The molecule has 4 rings (SSSR count). The molecule has 33 heavy (non-hydrogen) atoms. The summed E-state index contributed by atoms with van der Waals surface area (Å²) >= 11 is 0. The number of piperidine rings is 1. The van der Waals surface area contributed by atoms with Gasteiger partial charge in [-0.3, -0.25) is 4.79 Å². The predicted octanol–water partition coefficient (Wildman–Crippen LogP) is 4.74. The Morgan fingerprint density at radius 1 is 0.939 bits per heavy atom. The van der Waals surface area contributed by atoms with Crippen molar-refractivity contribution in [1.82, 2.24) is 9.88 Å². The van der Waals surface area contributed by atoms with Crippen LogP contribution in [0.2, 0.25) is 0 Å². The molecule has 2 fully saturated rings. The summed E-state index contributed by atoms with van der Waals surface area (Å²) in [6.45, 7) is 2.27. The maximum absolute atomic E-state index is 12.6. The topological polar surface area (TPSA) is 76.6 Å². The molecule has 1 aromatic carbocycles. The van der Waals surface area contributed by atoms with Crippen LogP contribution in [0.25, 0.3) is 11.1 Å². The lowest BCUT2D eigenvalue weighted by molar-refractivity contribution is -0.134. The van der Waals surface area contributed by atoms with Gasteiger partial charge in [0, 0.05) is 43.6 Å². The molecule has 0 atom stereocenters. The first-order valence-corrected chi connectivity index (χ1v) is 13.9. The third-order valence-electron chi connectivity index (χ3n) is 6.97. The van der Waals surface area contributed by atoms with Crippen LogP contribution in [0.3, 0.4) is 0 Å². The molecule has 2 aliphatic rings. The summed E-state index contributed by atoms with van der Waals surface area (Å²) in [6, 6.07) is 10.6. The maximum Gasteiger partial charge on any atom is 0.222 e. The zero-order valence-electron chi connectivity index (χ0n) is 19.4. The van der Waals surface area contributed by atoms with Crippen molar-refractivity contribution in [2.45, 2.75) is 56.3 Å². The molecule has 6 nitrogen and oxygen atoms in total. The van der Waals surface area contributed by atoms with Crippen molar-refractivity contribution in [2.75, 3.05) is 26.0 Å². The van der Waals surface area contributed by atoms with Crippen LogP contribution >= 0.6 is 0 Å². The number of benzene rings is 1. The highest BCUT2D eigenvalue weighted by Gasteiger charge is 2.25. The lowest BCUT2D eigenvalue weighted by Crippen LogP contribution is -2.40. The van der Waals surface area contributed by atoms with Gasteiger partial charge in [0.25, 0.3) is 0 Å². The summed E-state index contributed by atoms with van der Waals surface area (Å²) in [4.78, 5) is 19.4. The minimum atomic E-state index is -3.20. The second-order valence-electron chi connectivity index (χ2n) is 9.52. The smallest absolute Gasteiger partial charge is 0.222 e. The molecule has 1 amide bonds. The van der Waals surface area contributed by atoms with E-state index in [9.17, 15) is 13.2 Å². The number of hydrogen-bond donors (Lipinski definition) is 0. The van der Waals surface area contributed by atoms with Crippen LogP contribution in [-0.2, 0) is 14.6 Å². The quantitative estimate of drug-likeness (QED) is 0.584. The van der Waals surface area contributed by atoms with Crippen molar-refractivity contribution in [1.29, 1.82) is 0 Å². The Hall–Kier alpha value is -2.41. The molecule has 1 aliphatic heterocycles. The van der Waals surface area contributed by atoms with Gasteiger partial charge in [-0.2, -0.15) is 0 Å². The van der Waals surface area contributed by atoms with E-state index in [2.05, 4.69) is 4.98 Å². The van der Waals surface area contributed by atoms with E-state index in [1.54, 1.807) is 30.5 Å². The van der Waals surface area contributed by atoms with Gasteiger partial charge in [0.1, 0.15) is 0 Å². The Morgan fingerprint density at radius 3 is 2.21 bits per heavy atom. The number of hydrogen-bond acceptors (Lipinski definition) is 5. The van der Waals surface area contributed by atoms with E-state index in [1.807, 2.05) is 17.0 Å². The zero-order valence-corrected chi connectivity index (χ0v) is 20.2. The van der Waals surface area contributed by atoms with Gasteiger partial charge in [0.15, 0.2) is 9.84 Å². The van der Waals surface area contributed by atoms with E-state index in [-0.39, 0.29) is 0 Å². The molecular formula is C26H34N2O4S. The van der Waals surface area contributed by atoms with Gasteiger partial charge >= 0.3 is 0 Å².